The summed E-state index contributed by atoms with van der Waals surface area (Å²) in [5, 5.41) is 0. The molecule has 1 aliphatic carbocycles. The van der Waals surface area contributed by atoms with Gasteiger partial charge in [-0.15, -0.1) is 0 Å². The number of ether oxygens (including phenoxy) is 3. The topological polar surface area (TPSA) is 102 Å². The monoisotopic (exact) mass is 605 g/mol. The Kier molecular flexibility index (Phi) is 8.95. The van der Waals surface area contributed by atoms with Gasteiger partial charge < -0.3 is 18.8 Å². The third kappa shape index (κ3) is 6.49. The zero-order valence-electron chi connectivity index (χ0n) is 25.6. The minimum absolute atomic E-state index is 0.123. The Balaban J connectivity index is 1.46. The summed E-state index contributed by atoms with van der Waals surface area (Å²) in [6.07, 6.45) is 5.30. The molecular formula is C33H40FN5O5. The Morgan fingerprint density at radius 1 is 1.02 bits per heavy atom. The molecule has 1 aliphatic heterocycles. The number of aromatic nitrogens is 5. The quantitative estimate of drug-likeness (QED) is 0.161. The smallest absolute Gasteiger partial charge is 0.332 e. The van der Waals surface area contributed by atoms with E-state index < -0.39 is 17.2 Å². The third-order valence-electron chi connectivity index (χ3n) is 8.23. The van der Waals surface area contributed by atoms with Crippen LogP contribution in [0.3, 0.4) is 0 Å². The van der Waals surface area contributed by atoms with E-state index in [0.717, 1.165) is 43.2 Å². The first-order valence-corrected chi connectivity index (χ1v) is 15.6. The van der Waals surface area contributed by atoms with Crippen molar-refractivity contribution in [2.24, 2.45) is 5.92 Å². The third-order valence-corrected chi connectivity index (χ3v) is 8.23. The van der Waals surface area contributed by atoms with Gasteiger partial charge in [0.1, 0.15) is 5.82 Å². The zero-order chi connectivity index (χ0) is 30.8. The molecule has 3 aromatic heterocycles. The van der Waals surface area contributed by atoms with Crippen molar-refractivity contribution in [3.8, 4) is 17.3 Å². The summed E-state index contributed by atoms with van der Waals surface area (Å²) < 4.78 is 36.5. The molecule has 1 saturated heterocycles. The first-order valence-electron chi connectivity index (χ1n) is 15.6. The number of nitrogens with zero attached hydrogens (tertiary/aromatic N) is 5. The van der Waals surface area contributed by atoms with Crippen LogP contribution in [-0.4, -0.2) is 49.8 Å². The number of fused-ring (bicyclic) bond motifs is 1. The van der Waals surface area contributed by atoms with Crippen molar-refractivity contribution in [1.82, 2.24) is 23.7 Å². The number of aryl methyl sites for hydroxylation is 1. The van der Waals surface area contributed by atoms with E-state index in [0.29, 0.717) is 55.6 Å². The SMILES string of the molecule is Cc1ccc(Cn2c(-c3ccc(F)nc3OCC3CC3)nc3c2c(=O)n(CCCOC2CCCCO2)c(=O)n3C(C)C)cc1. The average Bonchev–Trinajstić information content (AvgIpc) is 3.77. The summed E-state index contributed by atoms with van der Waals surface area (Å²) in [5.41, 5.74) is 2.23. The van der Waals surface area contributed by atoms with Gasteiger partial charge in [-0.2, -0.15) is 9.37 Å². The molecule has 0 bridgehead atoms. The zero-order valence-corrected chi connectivity index (χ0v) is 25.6. The average molecular weight is 606 g/mol. The molecule has 1 unspecified atom stereocenters. The van der Waals surface area contributed by atoms with Crippen LogP contribution in [0, 0.1) is 18.8 Å². The maximum Gasteiger partial charge on any atom is 0.332 e. The lowest BCUT2D eigenvalue weighted by molar-refractivity contribution is -0.163. The van der Waals surface area contributed by atoms with E-state index in [1.165, 1.54) is 10.6 Å². The summed E-state index contributed by atoms with van der Waals surface area (Å²) in [5.74, 6) is 0.271. The molecule has 1 aromatic carbocycles. The van der Waals surface area contributed by atoms with Crippen molar-refractivity contribution in [3.05, 3.63) is 74.3 Å². The van der Waals surface area contributed by atoms with Crippen LogP contribution in [0.4, 0.5) is 4.39 Å². The van der Waals surface area contributed by atoms with E-state index in [4.69, 9.17) is 19.2 Å². The number of benzene rings is 1. The second-order valence-corrected chi connectivity index (χ2v) is 12.1. The Morgan fingerprint density at radius 3 is 2.52 bits per heavy atom. The fraction of sp³-hybridized carbons (Fsp3) is 0.515. The van der Waals surface area contributed by atoms with Gasteiger partial charge in [0.05, 0.1) is 18.8 Å². The predicted molar refractivity (Wildman–Crippen MR) is 164 cm³/mol. The van der Waals surface area contributed by atoms with Crippen molar-refractivity contribution >= 4 is 11.2 Å². The van der Waals surface area contributed by atoms with Gasteiger partial charge in [0.15, 0.2) is 17.5 Å². The molecule has 10 nitrogen and oxygen atoms in total. The fourth-order valence-corrected chi connectivity index (χ4v) is 5.61. The van der Waals surface area contributed by atoms with E-state index in [2.05, 4.69) is 4.98 Å². The van der Waals surface area contributed by atoms with Gasteiger partial charge in [-0.05, 0) is 82.9 Å². The molecule has 234 valence electrons. The fourth-order valence-electron chi connectivity index (χ4n) is 5.61. The highest BCUT2D eigenvalue weighted by Gasteiger charge is 2.27. The summed E-state index contributed by atoms with van der Waals surface area (Å²) in [7, 11) is 0. The maximum absolute atomic E-state index is 14.4. The van der Waals surface area contributed by atoms with E-state index in [1.807, 2.05) is 49.6 Å². The first kappa shape index (κ1) is 30.2. The van der Waals surface area contributed by atoms with Gasteiger partial charge >= 0.3 is 5.69 Å². The van der Waals surface area contributed by atoms with E-state index >= 15 is 0 Å². The van der Waals surface area contributed by atoms with Crippen LogP contribution in [-0.2, 0) is 22.6 Å². The molecule has 0 radical (unpaired) electrons. The highest BCUT2D eigenvalue weighted by molar-refractivity contribution is 5.78. The highest BCUT2D eigenvalue weighted by atomic mass is 19.1. The minimum atomic E-state index is -0.664. The number of pyridine rings is 1. The number of hydrogen-bond donors (Lipinski definition) is 0. The summed E-state index contributed by atoms with van der Waals surface area (Å²) >= 11 is 0. The summed E-state index contributed by atoms with van der Waals surface area (Å²) in [6.45, 7) is 7.77. The molecule has 11 heteroatoms. The lowest BCUT2D eigenvalue weighted by Crippen LogP contribution is -2.41. The number of hydrogen-bond acceptors (Lipinski definition) is 7. The molecule has 44 heavy (non-hydrogen) atoms. The number of imidazole rings is 1. The van der Waals surface area contributed by atoms with E-state index in [-0.39, 0.29) is 30.4 Å². The second-order valence-electron chi connectivity index (χ2n) is 12.1. The molecule has 4 heterocycles. The van der Waals surface area contributed by atoms with Crippen molar-refractivity contribution in [2.45, 2.75) is 84.7 Å². The van der Waals surface area contributed by atoms with Gasteiger partial charge in [0.2, 0.25) is 11.8 Å². The minimum Gasteiger partial charge on any atom is -0.477 e. The Hall–Kier alpha value is -3.83. The van der Waals surface area contributed by atoms with Gasteiger partial charge in [-0.1, -0.05) is 29.8 Å². The molecule has 4 aromatic rings. The lowest BCUT2D eigenvalue weighted by atomic mass is 10.1. The standard InChI is InChI=1S/C33H40FN5O5/c1-21(2)39-30-28(32(40)37(33(39)41)16-6-18-43-27-7-4-5-17-42-27)38(19-23-10-8-22(3)9-11-23)29(36-30)25-14-15-26(34)35-31(25)44-20-24-12-13-24/h8-11,14-15,21,24,27H,4-7,12-13,16-20H2,1-3H3. The van der Waals surface area contributed by atoms with Crippen LogP contribution in [0.15, 0.2) is 46.0 Å². The molecule has 0 spiro atoms. The van der Waals surface area contributed by atoms with Crippen LogP contribution < -0.4 is 16.0 Å². The van der Waals surface area contributed by atoms with Crippen LogP contribution in [0.25, 0.3) is 22.6 Å². The van der Waals surface area contributed by atoms with Crippen LogP contribution >= 0.6 is 0 Å². The molecule has 0 amide bonds. The van der Waals surface area contributed by atoms with Crippen LogP contribution in [0.5, 0.6) is 5.88 Å². The molecule has 2 aliphatic rings. The van der Waals surface area contributed by atoms with Crippen molar-refractivity contribution in [1.29, 1.82) is 0 Å². The molecule has 0 N–H and O–H groups in total. The Bertz CT molecular complexity index is 1730. The van der Waals surface area contributed by atoms with Crippen LogP contribution in [0.2, 0.25) is 0 Å². The summed E-state index contributed by atoms with van der Waals surface area (Å²) in [4.78, 5) is 37.0. The van der Waals surface area contributed by atoms with E-state index in [1.54, 1.807) is 10.6 Å². The predicted octanol–water partition coefficient (Wildman–Crippen LogP) is 5.22. The van der Waals surface area contributed by atoms with E-state index in [9.17, 15) is 14.0 Å². The number of rotatable bonds is 12. The number of halogens is 1. The highest BCUT2D eigenvalue weighted by Crippen LogP contribution is 2.34. The lowest BCUT2D eigenvalue weighted by Gasteiger charge is -2.22. The van der Waals surface area contributed by atoms with Gasteiger partial charge in [0.25, 0.3) is 5.56 Å². The van der Waals surface area contributed by atoms with Gasteiger partial charge in [-0.3, -0.25) is 13.9 Å². The Morgan fingerprint density at radius 2 is 1.82 bits per heavy atom. The van der Waals surface area contributed by atoms with Crippen molar-refractivity contribution in [2.75, 3.05) is 19.8 Å². The Labute approximate surface area is 255 Å². The largest absolute Gasteiger partial charge is 0.477 e. The molecule has 1 atom stereocenters. The molecule has 2 fully saturated rings. The summed E-state index contributed by atoms with van der Waals surface area (Å²) in [6, 6.07) is 10.6. The second kappa shape index (κ2) is 13.0. The van der Waals surface area contributed by atoms with Crippen molar-refractivity contribution < 1.29 is 18.6 Å². The maximum atomic E-state index is 14.4. The van der Waals surface area contributed by atoms with Crippen LogP contribution in [0.1, 0.15) is 69.5 Å². The van der Waals surface area contributed by atoms with Gasteiger partial charge in [-0.25, -0.2) is 9.78 Å². The normalized spacial score (nSPS) is 17.1. The molecular weight excluding hydrogens is 565 g/mol. The molecule has 6 rings (SSSR count). The van der Waals surface area contributed by atoms with Crippen molar-refractivity contribution in [3.63, 3.8) is 0 Å². The van der Waals surface area contributed by atoms with Gasteiger partial charge in [0, 0.05) is 25.7 Å². The molecule has 1 saturated carbocycles. The first-order chi connectivity index (χ1) is 21.3.